The molecule has 0 fully saturated rings. The fraction of sp³-hybridized carbons (Fsp3) is 0.500. The Morgan fingerprint density at radius 3 is 2.53 bits per heavy atom. The van der Waals surface area contributed by atoms with Gasteiger partial charge >= 0.3 is 0 Å². The first-order valence-electron chi connectivity index (χ1n) is 5.70. The molecule has 4 nitrogen and oxygen atoms in total. The normalized spacial score (nSPS) is 10.5. The Balaban J connectivity index is 1.95. The van der Waals surface area contributed by atoms with Crippen LogP contribution in [0.2, 0.25) is 0 Å². The molecule has 0 aliphatic carbocycles. The molecule has 0 saturated carbocycles. The quantitative estimate of drug-likeness (QED) is 0.628. The van der Waals surface area contributed by atoms with Crippen molar-refractivity contribution >= 4 is 0 Å². The first-order chi connectivity index (χ1) is 8.33. The fourth-order valence-corrected chi connectivity index (χ4v) is 1.22. The van der Waals surface area contributed by atoms with Gasteiger partial charge in [-0.2, -0.15) is 0 Å². The molecule has 1 aromatic carbocycles. The lowest BCUT2D eigenvalue weighted by Crippen LogP contribution is -2.26. The van der Waals surface area contributed by atoms with Crippen molar-refractivity contribution < 1.29 is 13.9 Å². The van der Waals surface area contributed by atoms with Crippen LogP contribution >= 0.6 is 0 Å². The predicted molar refractivity (Wildman–Crippen MR) is 64.6 cm³/mol. The molecule has 17 heavy (non-hydrogen) atoms. The van der Waals surface area contributed by atoms with Gasteiger partial charge in [-0.05, 0) is 24.3 Å². The van der Waals surface area contributed by atoms with Gasteiger partial charge in [0.1, 0.15) is 18.2 Å². The lowest BCUT2D eigenvalue weighted by atomic mass is 10.3. The van der Waals surface area contributed by atoms with E-state index in [4.69, 9.17) is 15.2 Å². The third kappa shape index (κ3) is 6.88. The highest BCUT2D eigenvalue weighted by atomic mass is 19.1. The first kappa shape index (κ1) is 13.9. The van der Waals surface area contributed by atoms with E-state index >= 15 is 0 Å². The highest BCUT2D eigenvalue weighted by molar-refractivity contribution is 5.21. The van der Waals surface area contributed by atoms with Crippen LogP contribution in [0.1, 0.15) is 0 Å². The molecule has 0 spiro atoms. The Morgan fingerprint density at radius 2 is 1.82 bits per heavy atom. The van der Waals surface area contributed by atoms with Crippen LogP contribution in [0, 0.1) is 5.82 Å². The maximum absolute atomic E-state index is 12.6. The van der Waals surface area contributed by atoms with Gasteiger partial charge in [-0.25, -0.2) is 4.39 Å². The van der Waals surface area contributed by atoms with E-state index in [-0.39, 0.29) is 5.82 Å². The van der Waals surface area contributed by atoms with Crippen LogP contribution in [0.5, 0.6) is 5.75 Å². The van der Waals surface area contributed by atoms with Crippen LogP contribution in [0.4, 0.5) is 4.39 Å². The zero-order chi connectivity index (χ0) is 12.3. The lowest BCUT2D eigenvalue weighted by Gasteiger charge is -2.07. The molecule has 0 bridgehead atoms. The summed E-state index contributed by atoms with van der Waals surface area (Å²) in [7, 11) is 0. The minimum absolute atomic E-state index is 0.264. The van der Waals surface area contributed by atoms with Gasteiger partial charge in [0.05, 0.1) is 13.2 Å². The topological polar surface area (TPSA) is 56.5 Å². The standard InChI is InChI=1S/C12H19FN2O2/c13-11-1-3-12(4-2-11)17-10-9-16-8-7-15-6-5-14/h1-4,15H,5-10,14H2. The molecule has 96 valence electrons. The second-order valence-electron chi connectivity index (χ2n) is 3.45. The summed E-state index contributed by atoms with van der Waals surface area (Å²) in [4.78, 5) is 0. The van der Waals surface area contributed by atoms with Crippen molar-refractivity contribution in [3.63, 3.8) is 0 Å². The van der Waals surface area contributed by atoms with Crippen molar-refractivity contribution in [2.45, 2.75) is 0 Å². The van der Waals surface area contributed by atoms with E-state index in [2.05, 4.69) is 5.32 Å². The molecule has 0 aliphatic heterocycles. The average Bonchev–Trinajstić information content (AvgIpc) is 2.35. The number of rotatable bonds is 9. The van der Waals surface area contributed by atoms with E-state index < -0.39 is 0 Å². The van der Waals surface area contributed by atoms with Crippen LogP contribution in [0.25, 0.3) is 0 Å². The highest BCUT2D eigenvalue weighted by Crippen LogP contribution is 2.10. The minimum atomic E-state index is -0.264. The SMILES string of the molecule is NCCNCCOCCOc1ccc(F)cc1. The first-order valence-corrected chi connectivity index (χ1v) is 5.70. The number of benzene rings is 1. The third-order valence-corrected chi connectivity index (χ3v) is 2.05. The summed E-state index contributed by atoms with van der Waals surface area (Å²) in [5.41, 5.74) is 5.32. The maximum atomic E-state index is 12.6. The average molecular weight is 242 g/mol. The van der Waals surface area contributed by atoms with E-state index in [1.54, 1.807) is 12.1 Å². The van der Waals surface area contributed by atoms with E-state index in [0.717, 1.165) is 13.1 Å². The summed E-state index contributed by atoms with van der Waals surface area (Å²) < 4.78 is 23.3. The van der Waals surface area contributed by atoms with Gasteiger partial charge in [-0.1, -0.05) is 0 Å². The third-order valence-electron chi connectivity index (χ3n) is 2.05. The molecular formula is C12H19FN2O2. The molecule has 0 radical (unpaired) electrons. The van der Waals surface area contributed by atoms with Gasteiger partial charge in [0.15, 0.2) is 0 Å². The highest BCUT2D eigenvalue weighted by Gasteiger charge is 1.94. The van der Waals surface area contributed by atoms with Crippen molar-refractivity contribution in [3.05, 3.63) is 30.1 Å². The summed E-state index contributed by atoms with van der Waals surface area (Å²) in [6.07, 6.45) is 0. The Bertz CT molecular complexity index is 293. The Hall–Kier alpha value is -1.17. The Kier molecular flexibility index (Phi) is 7.29. The number of hydrogen-bond acceptors (Lipinski definition) is 4. The number of halogens is 1. The smallest absolute Gasteiger partial charge is 0.123 e. The number of nitrogens with two attached hydrogens (primary N) is 1. The Morgan fingerprint density at radius 1 is 1.06 bits per heavy atom. The molecule has 0 heterocycles. The maximum Gasteiger partial charge on any atom is 0.123 e. The molecule has 0 aliphatic rings. The molecule has 0 atom stereocenters. The zero-order valence-electron chi connectivity index (χ0n) is 9.82. The predicted octanol–water partition coefficient (Wildman–Crippen LogP) is 0.769. The summed E-state index contributed by atoms with van der Waals surface area (Å²) in [6, 6.07) is 5.93. The van der Waals surface area contributed by atoms with Gasteiger partial charge in [0.25, 0.3) is 0 Å². The van der Waals surface area contributed by atoms with Crippen molar-refractivity contribution in [3.8, 4) is 5.75 Å². The van der Waals surface area contributed by atoms with Crippen LogP contribution in [0.3, 0.4) is 0 Å². The van der Waals surface area contributed by atoms with Crippen LogP contribution in [0.15, 0.2) is 24.3 Å². The van der Waals surface area contributed by atoms with Gasteiger partial charge in [0, 0.05) is 19.6 Å². The van der Waals surface area contributed by atoms with Crippen LogP contribution in [-0.2, 0) is 4.74 Å². The number of ether oxygens (including phenoxy) is 2. The van der Waals surface area contributed by atoms with Crippen molar-refractivity contribution in [1.82, 2.24) is 5.32 Å². The molecule has 0 saturated heterocycles. The largest absolute Gasteiger partial charge is 0.491 e. The van der Waals surface area contributed by atoms with Gasteiger partial charge in [-0.15, -0.1) is 0 Å². The molecule has 0 amide bonds. The molecule has 0 unspecified atom stereocenters. The van der Waals surface area contributed by atoms with E-state index in [1.807, 2.05) is 0 Å². The molecule has 1 rings (SSSR count). The van der Waals surface area contributed by atoms with Crippen LogP contribution in [-0.4, -0.2) is 39.5 Å². The second-order valence-corrected chi connectivity index (χ2v) is 3.45. The van der Waals surface area contributed by atoms with E-state index in [9.17, 15) is 4.39 Å². The molecule has 1 aromatic rings. The lowest BCUT2D eigenvalue weighted by molar-refractivity contribution is 0.102. The van der Waals surface area contributed by atoms with E-state index in [1.165, 1.54) is 12.1 Å². The minimum Gasteiger partial charge on any atom is -0.491 e. The summed E-state index contributed by atoms with van der Waals surface area (Å²) >= 11 is 0. The summed E-state index contributed by atoms with van der Waals surface area (Å²) in [5.74, 6) is 0.385. The molecular weight excluding hydrogens is 223 g/mol. The van der Waals surface area contributed by atoms with Crippen molar-refractivity contribution in [2.75, 3.05) is 39.5 Å². The van der Waals surface area contributed by atoms with Crippen molar-refractivity contribution in [2.24, 2.45) is 5.73 Å². The van der Waals surface area contributed by atoms with Crippen LogP contribution < -0.4 is 15.8 Å². The zero-order valence-corrected chi connectivity index (χ0v) is 9.82. The van der Waals surface area contributed by atoms with E-state index in [0.29, 0.717) is 32.1 Å². The Labute approximate surface area is 101 Å². The van der Waals surface area contributed by atoms with Crippen molar-refractivity contribution in [1.29, 1.82) is 0 Å². The second kappa shape index (κ2) is 8.92. The summed E-state index contributed by atoms with van der Waals surface area (Å²) in [5, 5.41) is 3.12. The monoisotopic (exact) mass is 242 g/mol. The molecule has 0 aromatic heterocycles. The summed E-state index contributed by atoms with van der Waals surface area (Å²) in [6.45, 7) is 3.83. The number of hydrogen-bond donors (Lipinski definition) is 2. The fourth-order valence-electron chi connectivity index (χ4n) is 1.22. The molecule has 3 N–H and O–H groups in total. The van der Waals surface area contributed by atoms with Gasteiger partial charge < -0.3 is 20.5 Å². The van der Waals surface area contributed by atoms with Gasteiger partial charge in [0.2, 0.25) is 0 Å². The molecule has 5 heteroatoms. The van der Waals surface area contributed by atoms with Gasteiger partial charge in [-0.3, -0.25) is 0 Å². The number of nitrogens with one attached hydrogen (secondary N) is 1.